The van der Waals surface area contributed by atoms with Gasteiger partial charge in [0.15, 0.2) is 0 Å². The van der Waals surface area contributed by atoms with Crippen LogP contribution < -0.4 is 9.47 Å². The van der Waals surface area contributed by atoms with Gasteiger partial charge in [-0.2, -0.15) is 5.26 Å². The second kappa shape index (κ2) is 22.0. The quantitative estimate of drug-likeness (QED) is 0.0418. The van der Waals surface area contributed by atoms with E-state index in [1.54, 1.807) is 14.2 Å². The number of nitriles is 1. The molecule has 3 atom stereocenters. The van der Waals surface area contributed by atoms with Gasteiger partial charge in [-0.15, -0.1) is 0 Å². The number of rotatable bonds is 23. The zero-order chi connectivity index (χ0) is 40.7. The number of benzene rings is 4. The molecule has 0 spiro atoms. The van der Waals surface area contributed by atoms with Gasteiger partial charge in [-0.05, 0) is 92.1 Å². The number of carbonyl (C=O) groups is 1. The van der Waals surface area contributed by atoms with Crippen LogP contribution in [0.2, 0.25) is 0 Å². The van der Waals surface area contributed by atoms with Crippen molar-refractivity contribution in [1.29, 1.82) is 5.26 Å². The van der Waals surface area contributed by atoms with Gasteiger partial charge in [-0.25, -0.2) is 4.67 Å². The van der Waals surface area contributed by atoms with Crippen molar-refractivity contribution in [2.45, 2.75) is 91.3 Å². The third-order valence-corrected chi connectivity index (χ3v) is 12.0. The Hall–Kier alpha value is -4.09. The number of ketones is 1. The molecule has 0 aromatic heterocycles. The lowest BCUT2D eigenvalue weighted by atomic mass is 9.79. The second-order valence-electron chi connectivity index (χ2n) is 15.3. The summed E-state index contributed by atoms with van der Waals surface area (Å²) in [7, 11) is 1.77. The Morgan fingerprint density at radius 1 is 0.714 bits per heavy atom. The van der Waals surface area contributed by atoms with Crippen LogP contribution in [0.4, 0.5) is 0 Å². The summed E-state index contributed by atoms with van der Waals surface area (Å²) in [5.41, 5.74) is 3.94. The maximum Gasteiger partial charge on any atom is 0.259 e. The van der Waals surface area contributed by atoms with E-state index in [0.29, 0.717) is 5.92 Å². The third kappa shape index (κ3) is 12.0. The number of ether oxygens (including phenoxy) is 3. The predicted molar refractivity (Wildman–Crippen MR) is 226 cm³/mol. The molecule has 0 aliphatic heterocycles. The lowest BCUT2D eigenvalue weighted by molar-refractivity contribution is -0.122. The molecule has 0 saturated carbocycles. The molecule has 0 saturated heterocycles. The van der Waals surface area contributed by atoms with E-state index < -0.39 is 14.1 Å². The Kier molecular flexibility index (Phi) is 17.5. The summed E-state index contributed by atoms with van der Waals surface area (Å²) in [5, 5.41) is 9.29. The summed E-state index contributed by atoms with van der Waals surface area (Å²) in [6.45, 7) is 15.5. The zero-order valence-electron chi connectivity index (χ0n) is 34.7. The van der Waals surface area contributed by atoms with Crippen LogP contribution in [0.15, 0.2) is 103 Å². The highest BCUT2D eigenvalue weighted by Gasteiger charge is 2.39. The zero-order valence-corrected chi connectivity index (χ0v) is 35.6. The van der Waals surface area contributed by atoms with Crippen molar-refractivity contribution in [3.05, 3.63) is 131 Å². The van der Waals surface area contributed by atoms with Gasteiger partial charge in [0, 0.05) is 30.3 Å². The fraction of sp³-hybridized carbons (Fsp3) is 0.447. The normalized spacial score (nSPS) is 13.5. The molecule has 56 heavy (non-hydrogen) atoms. The van der Waals surface area contributed by atoms with E-state index in [1.807, 2.05) is 73.7 Å². The topological polar surface area (TPSA) is 90.3 Å². The summed E-state index contributed by atoms with van der Waals surface area (Å²) >= 11 is 0. The van der Waals surface area contributed by atoms with Gasteiger partial charge in [0.05, 0.1) is 46.5 Å². The van der Waals surface area contributed by atoms with Crippen LogP contribution in [-0.2, 0) is 30.6 Å². The van der Waals surface area contributed by atoms with Crippen LogP contribution in [0.25, 0.3) is 0 Å². The largest absolute Gasteiger partial charge is 0.497 e. The molecule has 0 aliphatic rings. The Labute approximate surface area is 337 Å². The highest BCUT2D eigenvalue weighted by Crippen LogP contribution is 2.47. The van der Waals surface area contributed by atoms with Crippen molar-refractivity contribution in [2.24, 2.45) is 11.8 Å². The molecule has 8 nitrogen and oxygen atoms in total. The van der Waals surface area contributed by atoms with E-state index in [0.717, 1.165) is 40.2 Å². The molecule has 0 bridgehead atoms. The van der Waals surface area contributed by atoms with Gasteiger partial charge in [-0.3, -0.25) is 4.79 Å². The SMILES string of the molecule is COc1ccc(C(OCC(COP(OCCC#N)N(C(C)C)C(C)C)CC(=O)C(C)c2ccc(CC(C)C)cc2)(c2ccccc2)c2ccc(OC)cc2)cc1. The number of hydrogen-bond donors (Lipinski definition) is 0. The molecular formula is C47H61N2O6P. The maximum atomic E-state index is 14.3. The van der Waals surface area contributed by atoms with Gasteiger partial charge >= 0.3 is 0 Å². The molecule has 0 aliphatic carbocycles. The smallest absolute Gasteiger partial charge is 0.259 e. The molecule has 0 fully saturated rings. The van der Waals surface area contributed by atoms with Crippen molar-refractivity contribution in [1.82, 2.24) is 4.67 Å². The summed E-state index contributed by atoms with van der Waals surface area (Å²) < 4.78 is 33.6. The number of hydrogen-bond acceptors (Lipinski definition) is 8. The molecular weight excluding hydrogens is 719 g/mol. The Morgan fingerprint density at radius 3 is 1.73 bits per heavy atom. The molecule has 4 aromatic rings. The number of Topliss-reactive ketones (excluding diaryl/α,β-unsaturated/α-hetero) is 1. The lowest BCUT2D eigenvalue weighted by Crippen LogP contribution is -2.37. The van der Waals surface area contributed by atoms with Crippen LogP contribution in [0.1, 0.15) is 95.0 Å². The van der Waals surface area contributed by atoms with E-state index in [4.69, 9.17) is 23.3 Å². The third-order valence-electron chi connectivity index (χ3n) is 9.89. The molecule has 4 aromatic carbocycles. The van der Waals surface area contributed by atoms with Gasteiger partial charge in [0.1, 0.15) is 22.9 Å². The van der Waals surface area contributed by atoms with Crippen molar-refractivity contribution >= 4 is 14.3 Å². The van der Waals surface area contributed by atoms with Crippen molar-refractivity contribution in [3.63, 3.8) is 0 Å². The number of methoxy groups -OCH3 is 2. The maximum absolute atomic E-state index is 14.3. The highest BCUT2D eigenvalue weighted by molar-refractivity contribution is 7.44. The van der Waals surface area contributed by atoms with Crippen LogP contribution in [-0.4, -0.2) is 56.6 Å². The Morgan fingerprint density at radius 2 is 1.25 bits per heavy atom. The lowest BCUT2D eigenvalue weighted by Gasteiger charge is -2.38. The molecule has 0 heterocycles. The molecule has 3 unspecified atom stereocenters. The van der Waals surface area contributed by atoms with Gasteiger partial charge in [-0.1, -0.05) is 99.6 Å². The molecule has 300 valence electrons. The summed E-state index contributed by atoms with van der Waals surface area (Å²) in [5.74, 6) is 1.48. The first kappa shape index (κ1) is 44.6. The monoisotopic (exact) mass is 780 g/mol. The highest BCUT2D eigenvalue weighted by atomic mass is 31.2. The van der Waals surface area contributed by atoms with Crippen molar-refractivity contribution in [3.8, 4) is 17.6 Å². The molecule has 4 rings (SSSR count). The van der Waals surface area contributed by atoms with Crippen LogP contribution in [0, 0.1) is 23.2 Å². The van der Waals surface area contributed by atoms with E-state index in [1.165, 1.54) is 5.56 Å². The van der Waals surface area contributed by atoms with Crippen molar-refractivity contribution in [2.75, 3.05) is 34.0 Å². The molecule has 0 radical (unpaired) electrons. The fourth-order valence-electron chi connectivity index (χ4n) is 7.03. The number of carbonyl (C=O) groups excluding carboxylic acids is 1. The summed E-state index contributed by atoms with van der Waals surface area (Å²) in [6.07, 6.45) is 1.48. The minimum absolute atomic E-state index is 0.109. The Bertz CT molecular complexity index is 1730. The van der Waals surface area contributed by atoms with E-state index >= 15 is 0 Å². The minimum atomic E-state index is -1.54. The first-order valence-electron chi connectivity index (χ1n) is 19.7. The van der Waals surface area contributed by atoms with Crippen molar-refractivity contribution < 1.29 is 28.1 Å². The first-order valence-corrected chi connectivity index (χ1v) is 20.9. The number of nitrogens with zero attached hydrogens (tertiary/aromatic N) is 2. The summed E-state index contributed by atoms with van der Waals surface area (Å²) in [6, 6.07) is 36.9. The van der Waals surface area contributed by atoms with Crippen LogP contribution in [0.3, 0.4) is 0 Å². The van der Waals surface area contributed by atoms with E-state index in [9.17, 15) is 10.1 Å². The first-order chi connectivity index (χ1) is 26.9. The molecule has 0 amide bonds. The average molecular weight is 781 g/mol. The standard InChI is InChI=1S/C47H61N2O6P/c1-34(2)30-38-16-18-40(19-17-38)37(7)46(50)31-39(33-55-56(54-29-13-28-48)49(35(3)4)36(5)6)32-53-47(41-14-11-10-12-15-41,42-20-24-44(51-8)25-21-42)43-22-26-45(52-9)27-23-43/h10-12,14-27,34-37,39H,13,29-33H2,1-9H3. The van der Waals surface area contributed by atoms with Gasteiger partial charge in [0.25, 0.3) is 8.53 Å². The van der Waals surface area contributed by atoms with E-state index in [2.05, 4.69) is 88.7 Å². The molecule has 9 heteroatoms. The van der Waals surface area contributed by atoms with E-state index in [-0.39, 0.29) is 62.4 Å². The predicted octanol–water partition coefficient (Wildman–Crippen LogP) is 10.9. The molecule has 0 N–H and O–H groups in total. The summed E-state index contributed by atoms with van der Waals surface area (Å²) in [4.78, 5) is 14.3. The van der Waals surface area contributed by atoms with Crippen LogP contribution >= 0.6 is 8.53 Å². The van der Waals surface area contributed by atoms with Gasteiger partial charge < -0.3 is 23.3 Å². The van der Waals surface area contributed by atoms with Crippen LogP contribution in [0.5, 0.6) is 11.5 Å². The fourth-order valence-corrected chi connectivity index (χ4v) is 8.71. The second-order valence-corrected chi connectivity index (χ2v) is 16.7. The minimum Gasteiger partial charge on any atom is -0.497 e. The van der Waals surface area contributed by atoms with Gasteiger partial charge in [0.2, 0.25) is 0 Å². The Balaban J connectivity index is 1.76. The average Bonchev–Trinajstić information content (AvgIpc) is 3.20.